The summed E-state index contributed by atoms with van der Waals surface area (Å²) in [6, 6.07) is 0. The van der Waals surface area contributed by atoms with E-state index in [0.717, 1.165) is 0 Å². The van der Waals surface area contributed by atoms with E-state index in [2.05, 4.69) is 19.6 Å². The van der Waals surface area contributed by atoms with Crippen molar-refractivity contribution in [3.05, 3.63) is 0 Å². The summed E-state index contributed by atoms with van der Waals surface area (Å²) in [6.45, 7) is 7.53. The molecule has 0 aliphatic rings. The first kappa shape index (κ1) is 8.08. The van der Waals surface area contributed by atoms with Gasteiger partial charge in [-0.05, 0) is 0 Å². The van der Waals surface area contributed by atoms with Gasteiger partial charge in [-0.3, -0.25) is 0 Å². The molecule has 0 unspecified atom stereocenters. The summed E-state index contributed by atoms with van der Waals surface area (Å²) in [5.74, 6) is 0. The van der Waals surface area contributed by atoms with E-state index in [1.165, 1.54) is 27.6 Å². The van der Waals surface area contributed by atoms with Gasteiger partial charge in [-0.1, -0.05) is 19.6 Å². The van der Waals surface area contributed by atoms with Crippen molar-refractivity contribution in [1.82, 2.24) is 0 Å². The first-order chi connectivity index (χ1) is 3.35. The third-order valence-electron chi connectivity index (χ3n) is 0.671. The van der Waals surface area contributed by atoms with Crippen molar-refractivity contribution < 1.29 is 0 Å². The maximum atomic E-state index is 2.33. The highest BCUT2D eigenvalue weighted by molar-refractivity contribution is 8.23. The second-order valence-corrected chi connectivity index (χ2v) is 15.1. The van der Waals surface area contributed by atoms with Crippen LogP contribution >= 0.6 is 6.57 Å². The average molecular weight is 160 g/mol. The molecule has 0 aromatic carbocycles. The van der Waals surface area contributed by atoms with Gasteiger partial charge in [0.2, 0.25) is 0 Å². The van der Waals surface area contributed by atoms with Gasteiger partial charge in [0.15, 0.2) is 0 Å². The van der Waals surface area contributed by atoms with Crippen LogP contribution < -0.4 is 0 Å². The van der Waals surface area contributed by atoms with Crippen LogP contribution in [-0.4, -0.2) is 27.6 Å². The summed E-state index contributed by atoms with van der Waals surface area (Å²) in [5, 5.41) is 0. The van der Waals surface area contributed by atoms with Crippen molar-refractivity contribution in [2.75, 3.05) is 0 Å². The van der Waals surface area contributed by atoms with E-state index in [4.69, 9.17) is 0 Å². The minimum absolute atomic E-state index is 0.529. The van der Waals surface area contributed by atoms with Crippen molar-refractivity contribution in [2.45, 2.75) is 19.6 Å². The third kappa shape index (κ3) is 3.65. The molecule has 0 aliphatic heterocycles. The van der Waals surface area contributed by atoms with Crippen LogP contribution in [0.25, 0.3) is 0 Å². The van der Waals surface area contributed by atoms with Gasteiger partial charge in [0.1, 0.15) is 0 Å². The van der Waals surface area contributed by atoms with Crippen molar-refractivity contribution in [2.24, 2.45) is 0 Å². The van der Waals surface area contributed by atoms with Crippen molar-refractivity contribution in [1.29, 1.82) is 0 Å². The lowest BCUT2D eigenvalue weighted by Gasteiger charge is -2.04. The molecule has 0 aliphatic carbocycles. The molecule has 0 saturated carbocycles. The molecule has 0 N–H and O–H groups in total. The lowest BCUT2D eigenvalue weighted by molar-refractivity contribution is 2.33. The Balaban J connectivity index is 2.99. The lowest BCUT2D eigenvalue weighted by atomic mass is 11.9. The zero-order chi connectivity index (χ0) is 5.70. The maximum absolute atomic E-state index is 2.33. The Hall–Kier alpha value is 1.08. The predicted octanol–water partition coefficient (Wildman–Crippen LogP) is 1.47. The monoisotopic (exact) mass is 160 g/mol. The summed E-state index contributed by atoms with van der Waals surface area (Å²) >= 11 is 0. The van der Waals surface area contributed by atoms with Crippen LogP contribution in [0.15, 0.2) is 0 Å². The molecule has 0 bridgehead atoms. The van der Waals surface area contributed by atoms with E-state index in [-0.39, 0.29) is 0 Å². The van der Waals surface area contributed by atoms with E-state index in [1.807, 2.05) is 0 Å². The van der Waals surface area contributed by atoms with Crippen LogP contribution in [0.5, 0.6) is 0 Å². The fourth-order valence-electron chi connectivity index (χ4n) is 0.335. The molecular weight excluding hydrogens is 151 g/mol. The number of rotatable bonds is 3. The maximum Gasteiger partial charge on any atom is 0.0609 e. The Morgan fingerprint density at radius 3 is 1.14 bits per heavy atom. The topological polar surface area (TPSA) is 0 Å². The minimum atomic E-state index is 0.529. The van der Waals surface area contributed by atoms with Gasteiger partial charge in [-0.25, -0.2) is 0 Å². The first-order valence-corrected chi connectivity index (χ1v) is 10.5. The highest BCUT2D eigenvalue weighted by atomic mass is 31.8. The van der Waals surface area contributed by atoms with E-state index >= 15 is 0 Å². The minimum Gasteiger partial charge on any atom is -0.152 e. The lowest BCUT2D eigenvalue weighted by Crippen LogP contribution is -1.92. The molecular formula is C3H9PSi3. The van der Waals surface area contributed by atoms with Gasteiger partial charge < -0.3 is 0 Å². The van der Waals surface area contributed by atoms with E-state index in [9.17, 15) is 0 Å². The Morgan fingerprint density at radius 2 is 1.14 bits per heavy atom. The average Bonchev–Trinajstić information content (AvgIpc) is 1.72. The summed E-state index contributed by atoms with van der Waals surface area (Å²) in [7, 11) is 3.72. The molecule has 0 saturated heterocycles. The fraction of sp³-hybridized carbons (Fsp3) is 1.00. The summed E-state index contributed by atoms with van der Waals surface area (Å²) in [6.07, 6.45) is 0. The Labute approximate surface area is 54.2 Å². The van der Waals surface area contributed by atoms with Gasteiger partial charge >= 0.3 is 0 Å². The van der Waals surface area contributed by atoms with Crippen LogP contribution in [0.2, 0.25) is 19.6 Å². The summed E-state index contributed by atoms with van der Waals surface area (Å²) in [4.78, 5) is 0. The van der Waals surface area contributed by atoms with Crippen molar-refractivity contribution in [3.8, 4) is 0 Å². The van der Waals surface area contributed by atoms with Crippen molar-refractivity contribution >= 4 is 34.1 Å². The molecule has 0 fully saturated rings. The normalized spacial score (nSPS) is 10.3. The molecule has 0 heterocycles. The molecule has 4 heteroatoms. The smallest absolute Gasteiger partial charge is 0.0609 e. The Bertz CT molecular complexity index is 31.7. The highest BCUT2D eigenvalue weighted by Crippen LogP contribution is 2.26. The van der Waals surface area contributed by atoms with Crippen LogP contribution in [0.3, 0.4) is 0 Å². The molecule has 0 nitrogen and oxygen atoms in total. The first-order valence-electron chi connectivity index (χ1n) is 2.17. The summed E-state index contributed by atoms with van der Waals surface area (Å²) in [5.41, 5.74) is 0. The zero-order valence-corrected chi connectivity index (χ0v) is 8.84. The van der Waals surface area contributed by atoms with Crippen LogP contribution in [0, 0.1) is 0 Å². The Morgan fingerprint density at radius 1 is 0.857 bits per heavy atom. The molecule has 7 heavy (non-hydrogen) atoms. The zero-order valence-electron chi connectivity index (χ0n) is 4.95. The predicted molar refractivity (Wildman–Crippen MR) is 41.8 cm³/mol. The quantitative estimate of drug-likeness (QED) is 0.433. The Kier molecular flexibility index (Phi) is 6.03. The molecule has 0 amide bonds. The van der Waals surface area contributed by atoms with Gasteiger partial charge in [-0.2, -0.15) is 6.57 Å². The highest BCUT2D eigenvalue weighted by Gasteiger charge is 1.97. The fourth-order valence-corrected chi connectivity index (χ4v) is 9.06. The summed E-state index contributed by atoms with van der Waals surface area (Å²) < 4.78 is 0. The van der Waals surface area contributed by atoms with Crippen LogP contribution in [0.1, 0.15) is 0 Å². The largest absolute Gasteiger partial charge is 0.152 e. The molecule has 0 aromatic heterocycles. The SMILES string of the molecule is C[Si]P([Si]C)[Si]C. The second kappa shape index (κ2) is 5.22. The van der Waals surface area contributed by atoms with Gasteiger partial charge in [0.05, 0.1) is 27.6 Å². The van der Waals surface area contributed by atoms with Gasteiger partial charge in [-0.15, -0.1) is 0 Å². The molecule has 0 atom stereocenters. The van der Waals surface area contributed by atoms with Gasteiger partial charge in [0, 0.05) is 0 Å². The number of hydrogen-bond donors (Lipinski definition) is 0. The van der Waals surface area contributed by atoms with E-state index in [0.29, 0.717) is 6.57 Å². The van der Waals surface area contributed by atoms with Crippen molar-refractivity contribution in [3.63, 3.8) is 0 Å². The molecule has 0 aromatic rings. The molecule has 0 rings (SSSR count). The molecule has 0 spiro atoms. The second-order valence-electron chi connectivity index (χ2n) is 1.01. The van der Waals surface area contributed by atoms with E-state index in [1.54, 1.807) is 0 Å². The number of hydrogen-bond acceptors (Lipinski definition) is 0. The van der Waals surface area contributed by atoms with Crippen LogP contribution in [-0.2, 0) is 0 Å². The van der Waals surface area contributed by atoms with Crippen LogP contribution in [0.4, 0.5) is 0 Å². The standard InChI is InChI=1S/C3H9PSi3/c1-5-4(6-2)7-3/h1-3H3. The molecule has 38 valence electrons. The third-order valence-corrected chi connectivity index (χ3v) is 18.1. The molecule has 6 radical (unpaired) electrons. The van der Waals surface area contributed by atoms with Gasteiger partial charge in [0.25, 0.3) is 0 Å². The van der Waals surface area contributed by atoms with E-state index < -0.39 is 0 Å².